The number of halogens is 12. The molecule has 3 aromatic carbocycles. The zero-order chi connectivity index (χ0) is 36.5. The van der Waals surface area contributed by atoms with Crippen LogP contribution in [0.2, 0.25) is 0 Å². The number of hydrogen-bond donors (Lipinski definition) is 0. The van der Waals surface area contributed by atoms with Gasteiger partial charge in [0.05, 0.1) is 22.3 Å². The summed E-state index contributed by atoms with van der Waals surface area (Å²) in [5, 5.41) is 0. The number of rotatable bonds is 6. The zero-order valence-corrected chi connectivity index (χ0v) is 26.4. The minimum atomic E-state index is -5.03. The van der Waals surface area contributed by atoms with Crippen LogP contribution in [-0.4, -0.2) is 26.2 Å². The van der Waals surface area contributed by atoms with Crippen molar-refractivity contribution in [2.45, 2.75) is 63.2 Å². The third kappa shape index (κ3) is 9.16. The maximum atomic E-state index is 13.5. The van der Waals surface area contributed by atoms with Crippen molar-refractivity contribution in [1.29, 1.82) is 0 Å². The molecule has 0 amide bonds. The molecule has 0 radical (unpaired) electrons. The second-order valence-corrected chi connectivity index (χ2v) is 12.4. The Bertz CT molecular complexity index is 1530. The standard InChI is InChI=1S/C36H32F12N2/c37-33(38,39)27-15-23(16-28(21-27)34(40,41)42)7-9-25-20-32(50-13-5-2-6-14-50)26(19-31(25)49-11-3-1-4-12-49)10-8-24-17-29(35(43,44)45)22-30(18-24)36(46,47)48/h7-10,15-22H,1-6,11-14H2/b9-7+,10-8+. The maximum absolute atomic E-state index is 13.5. The molecule has 0 bridgehead atoms. The van der Waals surface area contributed by atoms with Gasteiger partial charge >= 0.3 is 24.7 Å². The van der Waals surface area contributed by atoms with Gasteiger partial charge in [-0.05, 0) is 109 Å². The fourth-order valence-corrected chi connectivity index (χ4v) is 6.22. The molecule has 0 N–H and O–H groups in total. The highest BCUT2D eigenvalue weighted by atomic mass is 19.4. The summed E-state index contributed by atoms with van der Waals surface area (Å²) in [6.45, 7) is 2.32. The van der Waals surface area contributed by atoms with E-state index in [1.165, 1.54) is 24.3 Å². The second kappa shape index (κ2) is 14.3. The lowest BCUT2D eigenvalue weighted by molar-refractivity contribution is -0.144. The molecule has 0 aromatic heterocycles. The predicted octanol–water partition coefficient (Wildman–Crippen LogP) is 12.1. The van der Waals surface area contributed by atoms with Gasteiger partial charge in [-0.2, -0.15) is 52.7 Å². The molecular formula is C36H32F12N2. The number of piperidine rings is 2. The van der Waals surface area contributed by atoms with Crippen LogP contribution in [0, 0.1) is 0 Å². The molecule has 0 saturated carbocycles. The normalized spacial score (nSPS) is 17.0. The summed E-state index contributed by atoms with van der Waals surface area (Å²) in [5.41, 5.74) is -4.38. The molecule has 2 aliphatic rings. The van der Waals surface area contributed by atoms with Crippen LogP contribution in [0.25, 0.3) is 24.3 Å². The average Bonchev–Trinajstić information content (AvgIpc) is 3.05. The molecule has 0 unspecified atom stereocenters. The lowest BCUT2D eigenvalue weighted by Gasteiger charge is -2.34. The second-order valence-electron chi connectivity index (χ2n) is 12.4. The van der Waals surface area contributed by atoms with Crippen molar-refractivity contribution in [3.05, 3.63) is 93.0 Å². The average molecular weight is 721 g/mol. The Hall–Kier alpha value is -4.10. The topological polar surface area (TPSA) is 6.48 Å². The largest absolute Gasteiger partial charge is 0.416 e. The Kier molecular flexibility index (Phi) is 10.6. The molecule has 270 valence electrons. The Morgan fingerprint density at radius 1 is 0.360 bits per heavy atom. The minimum absolute atomic E-state index is 0.0498. The number of alkyl halides is 12. The van der Waals surface area contributed by atoms with E-state index in [0.717, 1.165) is 38.5 Å². The number of hydrogen-bond acceptors (Lipinski definition) is 2. The molecule has 0 aliphatic carbocycles. The summed E-state index contributed by atoms with van der Waals surface area (Å²) >= 11 is 0. The van der Waals surface area contributed by atoms with Gasteiger partial charge in [0.25, 0.3) is 0 Å². The van der Waals surface area contributed by atoms with E-state index in [4.69, 9.17) is 0 Å². The molecule has 14 heteroatoms. The SMILES string of the molecule is FC(F)(F)c1cc(/C=C/c2cc(N3CCCCC3)c(/C=C/c3cc(C(F)(F)F)cc(C(F)(F)F)c3)cc2N2CCCCC2)cc(C(F)(F)F)c1. The van der Waals surface area contributed by atoms with Crippen molar-refractivity contribution in [2.24, 2.45) is 0 Å². The van der Waals surface area contributed by atoms with Crippen LogP contribution >= 0.6 is 0 Å². The first-order chi connectivity index (χ1) is 23.3. The summed E-state index contributed by atoms with van der Waals surface area (Å²) in [6.07, 6.45) is -9.84. The van der Waals surface area contributed by atoms with Crippen LogP contribution in [0.5, 0.6) is 0 Å². The molecule has 0 atom stereocenters. The van der Waals surface area contributed by atoms with E-state index < -0.39 is 47.0 Å². The van der Waals surface area contributed by atoms with Crippen LogP contribution in [-0.2, 0) is 24.7 Å². The highest BCUT2D eigenvalue weighted by Crippen LogP contribution is 2.40. The lowest BCUT2D eigenvalue weighted by Crippen LogP contribution is -2.32. The maximum Gasteiger partial charge on any atom is 0.416 e. The molecule has 2 aliphatic heterocycles. The molecule has 2 saturated heterocycles. The van der Waals surface area contributed by atoms with Crippen LogP contribution in [0.1, 0.15) is 83.0 Å². The smallest absolute Gasteiger partial charge is 0.371 e. The van der Waals surface area contributed by atoms with Gasteiger partial charge < -0.3 is 9.80 Å². The number of nitrogens with zero attached hydrogens (tertiary/aromatic N) is 2. The minimum Gasteiger partial charge on any atom is -0.371 e. The van der Waals surface area contributed by atoms with E-state index in [9.17, 15) is 52.7 Å². The van der Waals surface area contributed by atoms with E-state index in [1.54, 1.807) is 12.1 Å². The van der Waals surface area contributed by atoms with E-state index in [-0.39, 0.29) is 23.3 Å². The van der Waals surface area contributed by atoms with E-state index in [2.05, 4.69) is 0 Å². The first kappa shape index (κ1) is 37.2. The molecule has 50 heavy (non-hydrogen) atoms. The Balaban J connectivity index is 1.65. The van der Waals surface area contributed by atoms with E-state index in [0.29, 0.717) is 72.9 Å². The lowest BCUT2D eigenvalue weighted by atomic mass is 9.98. The Labute approximate surface area is 280 Å². The monoisotopic (exact) mass is 720 g/mol. The van der Waals surface area contributed by atoms with Gasteiger partial charge in [-0.1, -0.05) is 24.3 Å². The van der Waals surface area contributed by atoms with Crippen molar-refractivity contribution in [2.75, 3.05) is 36.0 Å². The summed E-state index contributed by atoms with van der Waals surface area (Å²) < 4.78 is 163. The van der Waals surface area contributed by atoms with Crippen molar-refractivity contribution in [1.82, 2.24) is 0 Å². The van der Waals surface area contributed by atoms with Crippen LogP contribution in [0.3, 0.4) is 0 Å². The summed E-state index contributed by atoms with van der Waals surface area (Å²) in [5.74, 6) is 0. The molecular weight excluding hydrogens is 688 g/mol. The highest BCUT2D eigenvalue weighted by molar-refractivity contribution is 5.86. The van der Waals surface area contributed by atoms with Crippen molar-refractivity contribution in [3.63, 3.8) is 0 Å². The Morgan fingerprint density at radius 3 is 0.900 bits per heavy atom. The van der Waals surface area contributed by atoms with E-state index >= 15 is 0 Å². The molecule has 2 heterocycles. The molecule has 5 rings (SSSR count). The number of anilines is 2. The quantitative estimate of drug-likeness (QED) is 0.185. The summed E-state index contributed by atoms with van der Waals surface area (Å²) in [6, 6.07) is 6.03. The first-order valence-electron chi connectivity index (χ1n) is 15.9. The Morgan fingerprint density at radius 2 is 0.640 bits per heavy atom. The third-order valence-electron chi connectivity index (χ3n) is 8.70. The molecule has 0 spiro atoms. The van der Waals surface area contributed by atoms with E-state index in [1.807, 2.05) is 9.80 Å². The van der Waals surface area contributed by atoms with Crippen molar-refractivity contribution < 1.29 is 52.7 Å². The predicted molar refractivity (Wildman–Crippen MR) is 169 cm³/mol. The fourth-order valence-electron chi connectivity index (χ4n) is 6.22. The van der Waals surface area contributed by atoms with Crippen molar-refractivity contribution in [3.8, 4) is 0 Å². The molecule has 2 fully saturated rings. The first-order valence-corrected chi connectivity index (χ1v) is 15.9. The molecule has 3 aromatic rings. The van der Waals surface area contributed by atoms with Gasteiger partial charge in [-0.25, -0.2) is 0 Å². The zero-order valence-electron chi connectivity index (χ0n) is 26.4. The highest BCUT2D eigenvalue weighted by Gasteiger charge is 2.38. The van der Waals surface area contributed by atoms with Gasteiger partial charge in [0.1, 0.15) is 0 Å². The van der Waals surface area contributed by atoms with Gasteiger partial charge in [0.15, 0.2) is 0 Å². The van der Waals surface area contributed by atoms with Crippen molar-refractivity contribution >= 4 is 35.7 Å². The van der Waals surface area contributed by atoms with Gasteiger partial charge in [-0.3, -0.25) is 0 Å². The third-order valence-corrected chi connectivity index (χ3v) is 8.70. The van der Waals surface area contributed by atoms with Crippen LogP contribution < -0.4 is 9.80 Å². The van der Waals surface area contributed by atoms with Gasteiger partial charge in [0, 0.05) is 37.6 Å². The van der Waals surface area contributed by atoms with Gasteiger partial charge in [-0.15, -0.1) is 0 Å². The van der Waals surface area contributed by atoms with Crippen LogP contribution in [0.15, 0.2) is 48.5 Å². The summed E-state index contributed by atoms with van der Waals surface area (Å²) in [4.78, 5) is 4.00. The number of benzene rings is 3. The van der Waals surface area contributed by atoms with Gasteiger partial charge in [0.2, 0.25) is 0 Å². The van der Waals surface area contributed by atoms with Crippen LogP contribution in [0.4, 0.5) is 64.1 Å². The summed E-state index contributed by atoms with van der Waals surface area (Å²) in [7, 11) is 0. The molecule has 2 nitrogen and oxygen atoms in total. The fraction of sp³-hybridized carbons (Fsp3) is 0.389.